The van der Waals surface area contributed by atoms with E-state index in [1.165, 1.54) is 47.3 Å². The second-order valence-electron chi connectivity index (χ2n) is 10.9. The molecular weight excluding hydrogens is 664 g/mol. The molecule has 7 atom stereocenters. The highest BCUT2D eigenvalue weighted by atomic mass is 16.7. The maximum atomic E-state index is 12.3. The molecular formula is C34H42O16. The molecule has 50 heavy (non-hydrogen) atoms. The van der Waals surface area contributed by atoms with Crippen LogP contribution in [0.2, 0.25) is 0 Å². The Kier molecular flexibility index (Phi) is 14.8. The smallest absolute Gasteiger partial charge is 0.308 e. The molecule has 274 valence electrons. The minimum absolute atomic E-state index is 0.124. The molecule has 2 aromatic carbocycles. The highest BCUT2D eigenvalue weighted by Gasteiger charge is 2.52. The van der Waals surface area contributed by atoms with Crippen LogP contribution in [0.15, 0.2) is 42.5 Å². The van der Waals surface area contributed by atoms with Gasteiger partial charge in [0.25, 0.3) is 0 Å². The molecule has 1 heterocycles. The Bertz CT molecular complexity index is 1490. The lowest BCUT2D eigenvalue weighted by atomic mass is 9.97. The maximum absolute atomic E-state index is 12.3. The van der Waals surface area contributed by atoms with Crippen LogP contribution in [-0.4, -0.2) is 101 Å². The van der Waals surface area contributed by atoms with Gasteiger partial charge >= 0.3 is 29.8 Å². The van der Waals surface area contributed by atoms with Crippen molar-refractivity contribution in [1.82, 2.24) is 0 Å². The standard InChI is InChI=1S/C34H42O16/c1-18(35)43-16-28(49-25-12-10-9-11-24(25)40-6)30(23-13-14-26(45-19(2)36)27(15-23)41-7)44-17-29-31(46-20(3)37)32(47-21(4)38)33(48-22(5)39)34(42-8)50-29/h9-15,28-34H,16-17H2,1-8H3/t28?,29-,30?,31+,32+,33-,34+/m1/s1. The van der Waals surface area contributed by atoms with Gasteiger partial charge in [-0.25, -0.2) is 0 Å². The van der Waals surface area contributed by atoms with Crippen LogP contribution in [0.1, 0.15) is 46.3 Å². The fourth-order valence-corrected chi connectivity index (χ4v) is 5.16. The average molecular weight is 707 g/mol. The van der Waals surface area contributed by atoms with E-state index in [0.29, 0.717) is 11.3 Å². The van der Waals surface area contributed by atoms with Crippen LogP contribution in [-0.2, 0) is 57.1 Å². The summed E-state index contributed by atoms with van der Waals surface area (Å²) in [6, 6.07) is 11.4. The lowest BCUT2D eigenvalue weighted by Crippen LogP contribution is -2.62. The Hall–Kier alpha value is -4.93. The monoisotopic (exact) mass is 706 g/mol. The summed E-state index contributed by atoms with van der Waals surface area (Å²) in [5, 5.41) is 0. The van der Waals surface area contributed by atoms with Crippen LogP contribution >= 0.6 is 0 Å². The molecule has 2 unspecified atom stereocenters. The molecule has 0 amide bonds. The van der Waals surface area contributed by atoms with Gasteiger partial charge in [-0.2, -0.15) is 0 Å². The van der Waals surface area contributed by atoms with Crippen LogP contribution in [0.25, 0.3) is 0 Å². The second-order valence-corrected chi connectivity index (χ2v) is 10.9. The molecule has 0 aliphatic carbocycles. The summed E-state index contributed by atoms with van der Waals surface area (Å²) in [5.74, 6) is -2.48. The molecule has 2 aromatic rings. The van der Waals surface area contributed by atoms with Crippen molar-refractivity contribution in [3.05, 3.63) is 48.0 Å². The molecule has 1 aliphatic rings. The molecule has 0 bridgehead atoms. The number of ether oxygens (including phenoxy) is 11. The quantitative estimate of drug-likeness (QED) is 0.141. The largest absolute Gasteiger partial charge is 0.493 e. The number of methoxy groups -OCH3 is 3. The highest BCUT2D eigenvalue weighted by Crippen LogP contribution is 2.37. The first-order valence-corrected chi connectivity index (χ1v) is 15.4. The Morgan fingerprint density at radius 2 is 1.28 bits per heavy atom. The fraction of sp³-hybridized carbons (Fsp3) is 0.500. The zero-order chi connectivity index (χ0) is 37.0. The average Bonchev–Trinajstić information content (AvgIpc) is 3.05. The third-order valence-corrected chi connectivity index (χ3v) is 7.08. The minimum atomic E-state index is -1.36. The normalized spacial score (nSPS) is 21.1. The summed E-state index contributed by atoms with van der Waals surface area (Å²) in [7, 11) is 4.12. The zero-order valence-corrected chi connectivity index (χ0v) is 29.0. The summed E-state index contributed by atoms with van der Waals surface area (Å²) in [6.07, 6.45) is -8.70. The van der Waals surface area contributed by atoms with Gasteiger partial charge in [-0.3, -0.25) is 24.0 Å². The van der Waals surface area contributed by atoms with Gasteiger partial charge in [0.1, 0.15) is 18.8 Å². The fourth-order valence-electron chi connectivity index (χ4n) is 5.16. The Balaban J connectivity index is 2.12. The number of carbonyl (C=O) groups is 5. The van der Waals surface area contributed by atoms with Gasteiger partial charge in [0.2, 0.25) is 0 Å². The molecule has 0 aromatic heterocycles. The van der Waals surface area contributed by atoms with Crippen LogP contribution in [0.4, 0.5) is 0 Å². The lowest BCUT2D eigenvalue weighted by molar-refractivity contribution is -0.305. The first-order chi connectivity index (χ1) is 23.8. The van der Waals surface area contributed by atoms with E-state index in [-0.39, 0.29) is 30.5 Å². The number of para-hydroxylation sites is 2. The summed E-state index contributed by atoms with van der Waals surface area (Å²) in [4.78, 5) is 60.2. The molecule has 0 radical (unpaired) electrons. The van der Waals surface area contributed by atoms with E-state index in [4.69, 9.17) is 52.1 Å². The van der Waals surface area contributed by atoms with Gasteiger partial charge < -0.3 is 52.1 Å². The zero-order valence-electron chi connectivity index (χ0n) is 29.0. The van der Waals surface area contributed by atoms with Crippen LogP contribution < -0.4 is 18.9 Å². The van der Waals surface area contributed by atoms with Gasteiger partial charge in [-0.1, -0.05) is 18.2 Å². The lowest BCUT2D eigenvalue weighted by Gasteiger charge is -2.44. The van der Waals surface area contributed by atoms with Gasteiger partial charge in [0.05, 0.1) is 20.8 Å². The van der Waals surface area contributed by atoms with Crippen molar-refractivity contribution in [3.63, 3.8) is 0 Å². The first kappa shape index (κ1) is 39.5. The van der Waals surface area contributed by atoms with E-state index >= 15 is 0 Å². The van der Waals surface area contributed by atoms with Gasteiger partial charge in [-0.15, -0.1) is 0 Å². The Morgan fingerprint density at radius 3 is 1.84 bits per heavy atom. The molecule has 0 spiro atoms. The summed E-state index contributed by atoms with van der Waals surface area (Å²) in [5.41, 5.74) is 0.405. The van der Waals surface area contributed by atoms with Gasteiger partial charge in [-0.05, 0) is 29.8 Å². The highest BCUT2D eigenvalue weighted by molar-refractivity contribution is 5.70. The first-order valence-electron chi connectivity index (χ1n) is 15.4. The topological polar surface area (TPSA) is 187 Å². The molecule has 16 nitrogen and oxygen atoms in total. The Labute approximate surface area is 289 Å². The third-order valence-electron chi connectivity index (χ3n) is 7.08. The van der Waals surface area contributed by atoms with E-state index in [2.05, 4.69) is 0 Å². The molecule has 0 saturated carbocycles. The summed E-state index contributed by atoms with van der Waals surface area (Å²) in [6.45, 7) is 5.18. The SMILES string of the molecule is COc1cc(C(OC[C@H]2O[C@H](OC)[C@H](OC(C)=O)[C@@H](OC(C)=O)[C@H]2OC(C)=O)C(COC(C)=O)Oc2ccccc2OC)ccc1OC(C)=O. The van der Waals surface area contributed by atoms with E-state index in [1.54, 1.807) is 30.3 Å². The number of hydrogen-bond donors (Lipinski definition) is 0. The van der Waals surface area contributed by atoms with Gasteiger partial charge in [0.15, 0.2) is 53.7 Å². The third kappa shape index (κ3) is 11.0. The summed E-state index contributed by atoms with van der Waals surface area (Å²) < 4.78 is 62.4. The van der Waals surface area contributed by atoms with Crippen LogP contribution in [0.5, 0.6) is 23.0 Å². The molecule has 0 N–H and O–H groups in total. The second kappa shape index (κ2) is 18.7. The van der Waals surface area contributed by atoms with Crippen molar-refractivity contribution < 1.29 is 76.1 Å². The van der Waals surface area contributed by atoms with Gasteiger partial charge in [0, 0.05) is 41.7 Å². The van der Waals surface area contributed by atoms with Crippen molar-refractivity contribution in [1.29, 1.82) is 0 Å². The molecule has 1 saturated heterocycles. The maximum Gasteiger partial charge on any atom is 0.308 e. The van der Waals surface area contributed by atoms with Crippen molar-refractivity contribution in [2.24, 2.45) is 0 Å². The number of carbonyl (C=O) groups excluding carboxylic acids is 5. The van der Waals surface area contributed by atoms with Crippen LogP contribution in [0.3, 0.4) is 0 Å². The predicted molar refractivity (Wildman–Crippen MR) is 169 cm³/mol. The number of esters is 5. The minimum Gasteiger partial charge on any atom is -0.493 e. The van der Waals surface area contributed by atoms with E-state index in [1.807, 2.05) is 0 Å². The van der Waals surface area contributed by atoms with Crippen LogP contribution in [0, 0.1) is 0 Å². The molecule has 3 rings (SSSR count). The van der Waals surface area contributed by atoms with E-state index < -0.39 is 72.8 Å². The van der Waals surface area contributed by atoms with Crippen molar-refractivity contribution in [2.75, 3.05) is 34.5 Å². The van der Waals surface area contributed by atoms with E-state index in [0.717, 1.165) is 20.8 Å². The van der Waals surface area contributed by atoms with E-state index in [9.17, 15) is 24.0 Å². The van der Waals surface area contributed by atoms with Crippen molar-refractivity contribution in [2.45, 2.75) is 77.5 Å². The molecule has 1 fully saturated rings. The van der Waals surface area contributed by atoms with Crippen molar-refractivity contribution >= 4 is 29.8 Å². The number of hydrogen-bond acceptors (Lipinski definition) is 16. The summed E-state index contributed by atoms with van der Waals surface area (Å²) >= 11 is 0. The predicted octanol–water partition coefficient (Wildman–Crippen LogP) is 2.86. The molecule has 1 aliphatic heterocycles. The number of benzene rings is 2. The Morgan fingerprint density at radius 1 is 0.680 bits per heavy atom. The van der Waals surface area contributed by atoms with Crippen molar-refractivity contribution in [3.8, 4) is 23.0 Å². The number of rotatable bonds is 16. The molecule has 16 heteroatoms.